The van der Waals surface area contributed by atoms with E-state index in [2.05, 4.69) is 5.32 Å². The molecule has 1 saturated heterocycles. The summed E-state index contributed by atoms with van der Waals surface area (Å²) in [5, 5.41) is 57.0. The lowest BCUT2D eigenvalue weighted by Gasteiger charge is -2.39. The van der Waals surface area contributed by atoms with Crippen LogP contribution in [0.2, 0.25) is 0 Å². The maximum Gasteiger partial charge on any atom is 0.183 e. The number of likely N-dealkylation sites (N-methyl/N-ethyl adjacent to an activating group) is 1. The quantitative estimate of drug-likeness (QED) is 0.205. The number of carbonyl (C=O) groups excluding carboxylic acids is 1. The summed E-state index contributed by atoms with van der Waals surface area (Å²) in [6.07, 6.45) is -6.12. The van der Waals surface area contributed by atoms with Crippen molar-refractivity contribution in [2.24, 2.45) is 11.5 Å². The first-order valence-corrected chi connectivity index (χ1v) is 7.42. The molecule has 0 aromatic heterocycles. The molecule has 0 saturated carbocycles. The topological polar surface area (TPSA) is 212 Å². The van der Waals surface area contributed by atoms with Crippen molar-refractivity contribution >= 4 is 6.29 Å². The molecule has 11 N–H and O–H groups in total. The second kappa shape index (κ2) is 11.0. The van der Waals surface area contributed by atoms with Gasteiger partial charge in [-0.1, -0.05) is 0 Å². The number of carbonyl (C=O) groups is 1. The first kappa shape index (κ1) is 23.3. The van der Waals surface area contributed by atoms with Gasteiger partial charge in [0.2, 0.25) is 0 Å². The van der Waals surface area contributed by atoms with Gasteiger partial charge in [-0.2, -0.15) is 0 Å². The van der Waals surface area contributed by atoms with E-state index in [-0.39, 0.29) is 12.1 Å². The van der Waals surface area contributed by atoms with Crippen LogP contribution in [0.5, 0.6) is 0 Å². The molecule has 11 nitrogen and oxygen atoms in total. The summed E-state index contributed by atoms with van der Waals surface area (Å²) in [7, 11) is 1.66. The predicted molar refractivity (Wildman–Crippen MR) is 82.5 cm³/mol. The highest BCUT2D eigenvalue weighted by molar-refractivity contribution is 5.58. The Balaban J connectivity index is 0.000000441. The van der Waals surface area contributed by atoms with Crippen LogP contribution in [0.25, 0.3) is 0 Å². The maximum absolute atomic E-state index is 10.1. The van der Waals surface area contributed by atoms with Crippen molar-refractivity contribution < 1.29 is 40.2 Å². The molecular weight excluding hydrogens is 326 g/mol. The zero-order valence-corrected chi connectivity index (χ0v) is 13.6. The highest BCUT2D eigenvalue weighted by Gasteiger charge is 2.40. The Morgan fingerprint density at radius 1 is 1.21 bits per heavy atom. The standard InChI is InChI=1S/C7H15NO4.C6H14N2O4/c1-3-4(8-2)5(9)6(10)7(11)12-3;7-3(1-9)6(12)5(8)4(11)2-10/h3-11H,1-2H3;1,3-6,10-12H,2,7-8H2/t3-,4-,5+,6-,7+;3-,4+,5+,6+/m10/s1. The van der Waals surface area contributed by atoms with Crippen LogP contribution >= 0.6 is 0 Å². The van der Waals surface area contributed by atoms with Gasteiger partial charge in [0.05, 0.1) is 43.0 Å². The smallest absolute Gasteiger partial charge is 0.183 e. The van der Waals surface area contributed by atoms with E-state index in [1.807, 2.05) is 0 Å². The average molecular weight is 355 g/mol. The van der Waals surface area contributed by atoms with Crippen molar-refractivity contribution in [1.82, 2.24) is 5.32 Å². The summed E-state index contributed by atoms with van der Waals surface area (Å²) in [5.74, 6) is 0. The van der Waals surface area contributed by atoms with E-state index in [1.54, 1.807) is 14.0 Å². The average Bonchev–Trinajstić information content (AvgIpc) is 2.57. The van der Waals surface area contributed by atoms with E-state index in [1.165, 1.54) is 0 Å². The van der Waals surface area contributed by atoms with E-state index >= 15 is 0 Å². The molecule has 0 bridgehead atoms. The highest BCUT2D eigenvalue weighted by Crippen LogP contribution is 2.18. The first-order chi connectivity index (χ1) is 11.1. The Hall–Kier alpha value is -0.730. The van der Waals surface area contributed by atoms with Gasteiger partial charge in [-0.3, -0.25) is 0 Å². The highest BCUT2D eigenvalue weighted by atomic mass is 16.6. The third-order valence-corrected chi connectivity index (χ3v) is 3.78. The largest absolute Gasteiger partial charge is 0.394 e. The van der Waals surface area contributed by atoms with Gasteiger partial charge in [0.15, 0.2) is 6.29 Å². The van der Waals surface area contributed by atoms with Gasteiger partial charge in [-0.05, 0) is 14.0 Å². The van der Waals surface area contributed by atoms with Crippen LogP contribution in [0.15, 0.2) is 0 Å². The van der Waals surface area contributed by atoms with E-state index in [0.29, 0.717) is 6.29 Å². The molecule has 0 aromatic rings. The molecule has 11 heteroatoms. The maximum atomic E-state index is 10.1. The molecule has 0 aliphatic carbocycles. The normalized spacial score (nSPS) is 35.2. The van der Waals surface area contributed by atoms with Crippen molar-refractivity contribution in [3.63, 3.8) is 0 Å². The Morgan fingerprint density at radius 3 is 2.17 bits per heavy atom. The van der Waals surface area contributed by atoms with Crippen molar-refractivity contribution in [1.29, 1.82) is 0 Å². The van der Waals surface area contributed by atoms with Crippen LogP contribution in [0.4, 0.5) is 0 Å². The molecule has 0 unspecified atom stereocenters. The summed E-state index contributed by atoms with van der Waals surface area (Å²) in [6.45, 7) is 1.14. The fraction of sp³-hybridized carbons (Fsp3) is 0.923. The van der Waals surface area contributed by atoms with E-state index in [0.717, 1.165) is 0 Å². The number of ether oxygens (including phenoxy) is 1. The zero-order chi connectivity index (χ0) is 19.0. The number of hydrogen-bond acceptors (Lipinski definition) is 11. The van der Waals surface area contributed by atoms with Gasteiger partial charge in [-0.15, -0.1) is 0 Å². The Morgan fingerprint density at radius 2 is 1.75 bits per heavy atom. The number of nitrogens with one attached hydrogen (secondary N) is 1. The van der Waals surface area contributed by atoms with E-state index in [9.17, 15) is 15.0 Å². The molecule has 9 atom stereocenters. The number of aliphatic hydroxyl groups excluding tert-OH is 6. The van der Waals surface area contributed by atoms with Crippen LogP contribution < -0.4 is 16.8 Å². The lowest BCUT2D eigenvalue weighted by atomic mass is 9.97. The molecular formula is C13H29N3O8. The van der Waals surface area contributed by atoms with Crippen LogP contribution in [0, 0.1) is 0 Å². The van der Waals surface area contributed by atoms with Crippen molar-refractivity contribution in [3.05, 3.63) is 0 Å². The number of rotatable bonds is 6. The van der Waals surface area contributed by atoms with Crippen molar-refractivity contribution in [2.75, 3.05) is 13.7 Å². The first-order valence-electron chi connectivity index (χ1n) is 7.42. The van der Waals surface area contributed by atoms with Gasteiger partial charge in [0.1, 0.15) is 18.5 Å². The summed E-state index contributed by atoms with van der Waals surface area (Å²) in [5.41, 5.74) is 10.4. The lowest BCUT2D eigenvalue weighted by molar-refractivity contribution is -0.252. The van der Waals surface area contributed by atoms with Crippen molar-refractivity contribution in [2.45, 2.75) is 61.9 Å². The minimum Gasteiger partial charge on any atom is -0.394 e. The van der Waals surface area contributed by atoms with Crippen molar-refractivity contribution in [3.8, 4) is 0 Å². The lowest BCUT2D eigenvalue weighted by Crippen LogP contribution is -2.60. The summed E-state index contributed by atoms with van der Waals surface area (Å²) in [4.78, 5) is 10.1. The molecule has 0 aromatic carbocycles. The molecule has 0 spiro atoms. The molecule has 1 fully saturated rings. The number of nitrogens with two attached hydrogens (primary N) is 2. The van der Waals surface area contributed by atoms with Crippen LogP contribution in [0.1, 0.15) is 6.92 Å². The van der Waals surface area contributed by atoms with Crippen LogP contribution in [-0.4, -0.2) is 106 Å². The molecule has 24 heavy (non-hydrogen) atoms. The number of aliphatic hydroxyl groups is 6. The van der Waals surface area contributed by atoms with E-state index < -0.39 is 49.4 Å². The van der Waals surface area contributed by atoms with E-state index in [4.69, 9.17) is 36.6 Å². The molecule has 144 valence electrons. The van der Waals surface area contributed by atoms with Crippen LogP contribution in [0.3, 0.4) is 0 Å². The zero-order valence-electron chi connectivity index (χ0n) is 13.6. The Labute approximate surface area is 139 Å². The second-order valence-corrected chi connectivity index (χ2v) is 5.56. The Bertz CT molecular complexity index is 364. The molecule has 1 heterocycles. The fourth-order valence-corrected chi connectivity index (χ4v) is 2.14. The third kappa shape index (κ3) is 6.29. The van der Waals surface area contributed by atoms with Gasteiger partial charge in [0, 0.05) is 0 Å². The fourth-order valence-electron chi connectivity index (χ4n) is 2.14. The van der Waals surface area contributed by atoms with Gasteiger partial charge < -0.3 is 57.0 Å². The van der Waals surface area contributed by atoms with Gasteiger partial charge in [-0.25, -0.2) is 0 Å². The molecule has 0 radical (unpaired) electrons. The minimum atomic E-state index is -1.34. The number of hydrogen-bond donors (Lipinski definition) is 9. The summed E-state index contributed by atoms with van der Waals surface area (Å²) < 4.78 is 4.96. The second-order valence-electron chi connectivity index (χ2n) is 5.56. The monoisotopic (exact) mass is 355 g/mol. The summed E-state index contributed by atoms with van der Waals surface area (Å²) in [6, 6.07) is -2.60. The van der Waals surface area contributed by atoms with Crippen LogP contribution in [-0.2, 0) is 9.53 Å². The summed E-state index contributed by atoms with van der Waals surface area (Å²) >= 11 is 0. The molecule has 0 amide bonds. The van der Waals surface area contributed by atoms with Gasteiger partial charge in [0.25, 0.3) is 0 Å². The minimum absolute atomic E-state index is 0.316. The third-order valence-electron chi connectivity index (χ3n) is 3.78. The molecule has 1 aliphatic rings. The SMILES string of the molecule is CN[C@H]1[C@H](O)[C@@H](O)[C@@H](O)O[C@@H]1C.N[C@@H]([C@H](O)[C@@H](N)C=O)[C@H](O)CO. The predicted octanol–water partition coefficient (Wildman–Crippen LogP) is -5.41. The van der Waals surface area contributed by atoms with Gasteiger partial charge >= 0.3 is 0 Å². The molecule has 1 rings (SSSR count). The molecule has 1 aliphatic heterocycles. The Kier molecular flexibility index (Phi) is 10.7. The number of aldehydes is 1.